The Balaban J connectivity index is 3.10. The summed E-state index contributed by atoms with van der Waals surface area (Å²) < 4.78 is 0. The van der Waals surface area contributed by atoms with Crippen LogP contribution in [0.5, 0.6) is 5.75 Å². The molecule has 0 spiro atoms. The maximum absolute atomic E-state index is 12.9. The Hall–Kier alpha value is -4.20. The van der Waals surface area contributed by atoms with Crippen molar-refractivity contribution >= 4 is 35.5 Å². The molecular formula is C20H28N6O8. The van der Waals surface area contributed by atoms with E-state index in [-0.39, 0.29) is 12.2 Å². The summed E-state index contributed by atoms with van der Waals surface area (Å²) >= 11 is 0. The molecule has 0 fully saturated rings. The minimum atomic E-state index is -1.71. The minimum Gasteiger partial charge on any atom is -0.508 e. The van der Waals surface area contributed by atoms with Gasteiger partial charge in [0.25, 0.3) is 0 Å². The average molecular weight is 480 g/mol. The molecule has 1 aromatic carbocycles. The van der Waals surface area contributed by atoms with Crippen LogP contribution in [0.15, 0.2) is 24.3 Å². The second-order valence-electron chi connectivity index (χ2n) is 7.52. The van der Waals surface area contributed by atoms with E-state index in [1.54, 1.807) is 0 Å². The first-order chi connectivity index (χ1) is 15.8. The fourth-order valence-electron chi connectivity index (χ4n) is 2.74. The quantitative estimate of drug-likeness (QED) is 0.139. The lowest BCUT2D eigenvalue weighted by molar-refractivity contribution is -0.144. The summed E-state index contributed by atoms with van der Waals surface area (Å²) in [6.45, 7) is 1.39. The van der Waals surface area contributed by atoms with Gasteiger partial charge in [-0.15, -0.1) is 0 Å². The number of nitrogens with two attached hydrogens (primary N) is 3. The number of primary amides is 2. The Morgan fingerprint density at radius 3 is 1.71 bits per heavy atom. The fraction of sp³-hybridized carbons (Fsp3) is 0.400. The van der Waals surface area contributed by atoms with Crippen molar-refractivity contribution in [3.63, 3.8) is 0 Å². The Kier molecular flexibility index (Phi) is 10.4. The second-order valence-corrected chi connectivity index (χ2v) is 7.52. The van der Waals surface area contributed by atoms with E-state index >= 15 is 0 Å². The monoisotopic (exact) mass is 480 g/mol. The lowest BCUT2D eigenvalue weighted by Crippen LogP contribution is -2.58. The fourth-order valence-corrected chi connectivity index (χ4v) is 2.74. The van der Waals surface area contributed by atoms with Crippen LogP contribution in [0.3, 0.4) is 0 Å². The molecule has 1 aromatic rings. The van der Waals surface area contributed by atoms with Gasteiger partial charge in [0.05, 0.1) is 18.9 Å². The van der Waals surface area contributed by atoms with Gasteiger partial charge in [0.1, 0.15) is 23.9 Å². The van der Waals surface area contributed by atoms with Gasteiger partial charge >= 0.3 is 5.97 Å². The minimum absolute atomic E-state index is 0.0218. The van der Waals surface area contributed by atoms with Gasteiger partial charge in [-0.3, -0.25) is 24.0 Å². The van der Waals surface area contributed by atoms with E-state index in [0.29, 0.717) is 5.56 Å². The molecule has 14 heteroatoms. The molecule has 4 atom stereocenters. The number of hydrogen-bond donors (Lipinski definition) is 8. The van der Waals surface area contributed by atoms with E-state index in [9.17, 15) is 33.9 Å². The van der Waals surface area contributed by atoms with Gasteiger partial charge in [-0.1, -0.05) is 12.1 Å². The first kappa shape index (κ1) is 27.8. The van der Waals surface area contributed by atoms with Gasteiger partial charge in [0.15, 0.2) is 0 Å². The number of carboxylic acids is 1. The Bertz CT molecular complexity index is 933. The summed E-state index contributed by atoms with van der Waals surface area (Å²) in [7, 11) is 0. The number of phenolic OH excluding ortho intramolecular Hbond substituents is 1. The number of nitrogens with one attached hydrogen (secondary N) is 3. The van der Waals surface area contributed by atoms with Crippen molar-refractivity contribution in [2.75, 3.05) is 0 Å². The standard InChI is InChI=1S/C20H28N6O8/c1-9(21)17(30)24-12(6-10-2-4-11(27)5-3-10)18(31)25-13(7-15(22)28)19(32)26-14(20(33)34)8-16(23)29/h2-5,9,12-14,27H,6-8,21H2,1H3,(H2,22,28)(H2,23,29)(H,24,30)(H,25,31)(H,26,32)(H,33,34). The first-order valence-corrected chi connectivity index (χ1v) is 10.0. The van der Waals surface area contributed by atoms with Crippen LogP contribution >= 0.6 is 0 Å². The van der Waals surface area contributed by atoms with Gasteiger partial charge in [0.2, 0.25) is 29.5 Å². The van der Waals surface area contributed by atoms with Crippen molar-refractivity contribution in [3.8, 4) is 5.75 Å². The third-order valence-corrected chi connectivity index (χ3v) is 4.48. The van der Waals surface area contributed by atoms with Crippen molar-refractivity contribution in [3.05, 3.63) is 29.8 Å². The highest BCUT2D eigenvalue weighted by molar-refractivity contribution is 5.96. The predicted molar refractivity (Wildman–Crippen MR) is 117 cm³/mol. The molecule has 0 saturated carbocycles. The molecular weight excluding hydrogens is 452 g/mol. The molecule has 11 N–H and O–H groups in total. The molecule has 0 aliphatic heterocycles. The number of phenols is 1. The summed E-state index contributed by atoms with van der Waals surface area (Å²) in [6.07, 6.45) is -1.51. The van der Waals surface area contributed by atoms with Gasteiger partial charge < -0.3 is 43.4 Å². The van der Waals surface area contributed by atoms with Crippen LogP contribution in [0.1, 0.15) is 25.3 Å². The molecule has 1 rings (SSSR count). The zero-order valence-electron chi connectivity index (χ0n) is 18.3. The van der Waals surface area contributed by atoms with Crippen LogP contribution in [0.25, 0.3) is 0 Å². The maximum Gasteiger partial charge on any atom is 0.326 e. The van der Waals surface area contributed by atoms with E-state index in [1.807, 2.05) is 5.32 Å². The molecule has 4 unspecified atom stereocenters. The molecule has 0 radical (unpaired) electrons. The molecule has 34 heavy (non-hydrogen) atoms. The number of carbonyl (C=O) groups excluding carboxylic acids is 5. The Morgan fingerprint density at radius 2 is 1.24 bits per heavy atom. The first-order valence-electron chi connectivity index (χ1n) is 10.0. The van der Waals surface area contributed by atoms with Gasteiger partial charge in [-0.05, 0) is 24.6 Å². The number of aliphatic carboxylic acids is 1. The highest BCUT2D eigenvalue weighted by Gasteiger charge is 2.31. The van der Waals surface area contributed by atoms with Crippen molar-refractivity contribution in [1.29, 1.82) is 0 Å². The summed E-state index contributed by atoms with van der Waals surface area (Å²) in [5.41, 5.74) is 16.2. The number of amides is 5. The molecule has 5 amide bonds. The van der Waals surface area contributed by atoms with Crippen molar-refractivity contribution in [2.24, 2.45) is 17.2 Å². The van der Waals surface area contributed by atoms with Crippen LogP contribution in [0.4, 0.5) is 0 Å². The van der Waals surface area contributed by atoms with Crippen LogP contribution in [-0.2, 0) is 35.2 Å². The summed E-state index contributed by atoms with van der Waals surface area (Å²) in [6, 6.07) is 0.192. The normalized spacial score (nSPS) is 14.1. The van der Waals surface area contributed by atoms with Gasteiger partial charge in [-0.25, -0.2) is 4.79 Å². The van der Waals surface area contributed by atoms with Crippen LogP contribution in [-0.4, -0.2) is 69.9 Å². The lowest BCUT2D eigenvalue weighted by atomic mass is 10.0. The highest BCUT2D eigenvalue weighted by Crippen LogP contribution is 2.12. The van der Waals surface area contributed by atoms with E-state index in [2.05, 4.69) is 10.6 Å². The number of carboxylic acid groups (broad SMARTS) is 1. The predicted octanol–water partition coefficient (Wildman–Crippen LogP) is -3.43. The number of aromatic hydroxyl groups is 1. The van der Waals surface area contributed by atoms with Gasteiger partial charge in [-0.2, -0.15) is 0 Å². The number of benzene rings is 1. The van der Waals surface area contributed by atoms with Crippen LogP contribution < -0.4 is 33.2 Å². The van der Waals surface area contributed by atoms with Crippen LogP contribution in [0.2, 0.25) is 0 Å². The molecule has 186 valence electrons. The van der Waals surface area contributed by atoms with Crippen molar-refractivity contribution in [2.45, 2.75) is 50.4 Å². The van der Waals surface area contributed by atoms with Gasteiger partial charge in [0, 0.05) is 6.42 Å². The molecule has 0 aromatic heterocycles. The maximum atomic E-state index is 12.9. The summed E-state index contributed by atoms with van der Waals surface area (Å²) in [4.78, 5) is 71.4. The van der Waals surface area contributed by atoms with E-state index in [4.69, 9.17) is 22.3 Å². The third kappa shape index (κ3) is 9.52. The molecule has 0 bridgehead atoms. The summed E-state index contributed by atoms with van der Waals surface area (Å²) in [5, 5.41) is 25.3. The molecule has 14 nitrogen and oxygen atoms in total. The van der Waals surface area contributed by atoms with Crippen molar-refractivity contribution in [1.82, 2.24) is 16.0 Å². The van der Waals surface area contributed by atoms with Crippen LogP contribution in [0, 0.1) is 0 Å². The highest BCUT2D eigenvalue weighted by atomic mass is 16.4. The molecule has 0 aliphatic carbocycles. The smallest absolute Gasteiger partial charge is 0.326 e. The SMILES string of the molecule is CC(N)C(=O)NC(Cc1ccc(O)cc1)C(=O)NC(CC(N)=O)C(=O)NC(CC(N)=O)C(=O)O. The largest absolute Gasteiger partial charge is 0.508 e. The average Bonchev–Trinajstić information content (AvgIpc) is 2.72. The summed E-state index contributed by atoms with van der Waals surface area (Å²) in [5.74, 6) is -6.26. The number of rotatable bonds is 13. The lowest BCUT2D eigenvalue weighted by Gasteiger charge is -2.24. The third-order valence-electron chi connectivity index (χ3n) is 4.48. The zero-order valence-corrected chi connectivity index (χ0v) is 18.3. The molecule has 0 saturated heterocycles. The number of hydrogen-bond acceptors (Lipinski definition) is 8. The van der Waals surface area contributed by atoms with E-state index in [1.165, 1.54) is 31.2 Å². The zero-order chi connectivity index (χ0) is 26.0. The number of carbonyl (C=O) groups is 6. The Morgan fingerprint density at radius 1 is 0.794 bits per heavy atom. The molecule has 0 aliphatic rings. The second kappa shape index (κ2) is 12.7. The van der Waals surface area contributed by atoms with E-state index < -0.39 is 72.5 Å². The Labute approximate surface area is 194 Å². The molecule has 0 heterocycles. The topological polar surface area (TPSA) is 257 Å². The van der Waals surface area contributed by atoms with Crippen molar-refractivity contribution < 1.29 is 39.0 Å². The van der Waals surface area contributed by atoms with E-state index in [0.717, 1.165) is 0 Å².